The Morgan fingerprint density at radius 1 is 1.50 bits per heavy atom. The van der Waals surface area contributed by atoms with Gasteiger partial charge in [0.1, 0.15) is 10.8 Å². The Kier molecular flexibility index (Phi) is 2.57. The molecule has 0 bridgehead atoms. The van der Waals surface area contributed by atoms with Crippen LogP contribution >= 0.6 is 11.6 Å². The van der Waals surface area contributed by atoms with Crippen molar-refractivity contribution >= 4 is 11.6 Å². The molecule has 0 aromatic carbocycles. The first-order valence-electron chi connectivity index (χ1n) is 3.13. The smallest absolute Gasteiger partial charge is 0.232 e. The van der Waals surface area contributed by atoms with Gasteiger partial charge >= 0.3 is 0 Å². The molecule has 0 aliphatic carbocycles. The van der Waals surface area contributed by atoms with Gasteiger partial charge in [-0.1, -0.05) is 11.6 Å². The summed E-state index contributed by atoms with van der Waals surface area (Å²) in [4.78, 5) is 3.17. The summed E-state index contributed by atoms with van der Waals surface area (Å²) in [6, 6.07) is 1.20. The predicted octanol–water partition coefficient (Wildman–Crippen LogP) is 3.12. The van der Waals surface area contributed by atoms with Crippen LogP contribution in [0.5, 0.6) is 0 Å². The molecule has 1 rings (SSSR count). The first-order chi connectivity index (χ1) is 5.52. The largest absolute Gasteiger partial charge is 0.283 e. The highest BCUT2D eigenvalue weighted by Crippen LogP contribution is 2.23. The third-order valence-corrected chi connectivity index (χ3v) is 1.53. The molecule has 1 aromatic rings. The minimum absolute atomic E-state index is 0.0744. The highest BCUT2D eigenvalue weighted by atomic mass is 35.5. The van der Waals surface area contributed by atoms with Crippen LogP contribution in [0.3, 0.4) is 0 Å². The Balaban J connectivity index is 3.28. The van der Waals surface area contributed by atoms with Crippen LogP contribution < -0.4 is 0 Å². The minimum Gasteiger partial charge on any atom is -0.232 e. The van der Waals surface area contributed by atoms with E-state index in [2.05, 4.69) is 4.98 Å². The fraction of sp³-hybridized carbons (Fsp3) is 0.286. The van der Waals surface area contributed by atoms with Crippen LogP contribution in [0.2, 0.25) is 5.15 Å². The lowest BCUT2D eigenvalue weighted by Gasteiger charge is -2.03. The Morgan fingerprint density at radius 3 is 2.58 bits per heavy atom. The van der Waals surface area contributed by atoms with Crippen molar-refractivity contribution in [1.29, 1.82) is 0 Å². The average Bonchev–Trinajstić information content (AvgIpc) is 1.96. The van der Waals surface area contributed by atoms with Crippen molar-refractivity contribution in [2.24, 2.45) is 0 Å². The normalized spacial score (nSPS) is 10.8. The van der Waals surface area contributed by atoms with E-state index in [0.29, 0.717) is 0 Å². The van der Waals surface area contributed by atoms with Crippen molar-refractivity contribution in [2.75, 3.05) is 0 Å². The summed E-state index contributed by atoms with van der Waals surface area (Å²) in [5, 5.41) is -0.121. The van der Waals surface area contributed by atoms with Gasteiger partial charge in [-0.3, -0.25) is 0 Å². The van der Waals surface area contributed by atoms with Crippen LogP contribution in [0.1, 0.15) is 17.7 Å². The molecule has 0 aliphatic heterocycles. The molecule has 0 spiro atoms. The van der Waals surface area contributed by atoms with Gasteiger partial charge in [-0.25, -0.2) is 18.2 Å². The second-order valence-electron chi connectivity index (χ2n) is 2.26. The summed E-state index contributed by atoms with van der Waals surface area (Å²) >= 11 is 5.36. The van der Waals surface area contributed by atoms with Crippen molar-refractivity contribution in [3.63, 3.8) is 0 Å². The Labute approximate surface area is 72.2 Å². The molecule has 0 saturated carbocycles. The molecule has 66 valence electrons. The molecule has 12 heavy (non-hydrogen) atoms. The van der Waals surface area contributed by atoms with Crippen molar-refractivity contribution in [1.82, 2.24) is 4.98 Å². The lowest BCUT2D eigenvalue weighted by atomic mass is 10.2. The number of hydrogen-bond donors (Lipinski definition) is 0. The maximum Gasteiger partial charge on any atom is 0.283 e. The van der Waals surface area contributed by atoms with Crippen LogP contribution in [0.4, 0.5) is 13.2 Å². The number of halogens is 4. The second kappa shape index (κ2) is 3.31. The van der Waals surface area contributed by atoms with E-state index in [4.69, 9.17) is 11.6 Å². The number of hydrogen-bond acceptors (Lipinski definition) is 1. The minimum atomic E-state index is -2.93. The Morgan fingerprint density at radius 2 is 2.08 bits per heavy atom. The van der Waals surface area contributed by atoms with Gasteiger partial charge in [0.15, 0.2) is 5.82 Å². The van der Waals surface area contributed by atoms with Crippen LogP contribution in [0.25, 0.3) is 0 Å². The van der Waals surface area contributed by atoms with E-state index < -0.39 is 17.9 Å². The number of aromatic nitrogens is 1. The molecule has 0 amide bonds. The maximum absolute atomic E-state index is 12.8. The van der Waals surface area contributed by atoms with Gasteiger partial charge in [0.25, 0.3) is 6.43 Å². The van der Waals surface area contributed by atoms with E-state index in [1.807, 2.05) is 0 Å². The van der Waals surface area contributed by atoms with Gasteiger partial charge in [0, 0.05) is 0 Å². The molecular weight excluding hydrogens is 191 g/mol. The number of alkyl halides is 2. The van der Waals surface area contributed by atoms with E-state index in [1.54, 1.807) is 0 Å². The van der Waals surface area contributed by atoms with Crippen LogP contribution in [0.15, 0.2) is 6.07 Å². The lowest BCUT2D eigenvalue weighted by Crippen LogP contribution is -1.98. The summed E-state index contributed by atoms with van der Waals surface area (Å²) in [5.74, 6) is -0.991. The van der Waals surface area contributed by atoms with Gasteiger partial charge in [0.05, 0.1) is 0 Å². The Bertz CT molecular complexity index is 301. The number of nitrogens with zero attached hydrogens (tertiary/aromatic N) is 1. The van der Waals surface area contributed by atoms with E-state index in [1.165, 1.54) is 13.0 Å². The first-order valence-corrected chi connectivity index (χ1v) is 3.51. The molecule has 5 heteroatoms. The van der Waals surface area contributed by atoms with Crippen LogP contribution in [-0.4, -0.2) is 4.98 Å². The van der Waals surface area contributed by atoms with Crippen LogP contribution in [0, 0.1) is 12.7 Å². The van der Waals surface area contributed by atoms with E-state index in [-0.39, 0.29) is 10.7 Å². The fourth-order valence-electron chi connectivity index (χ4n) is 0.785. The zero-order valence-electron chi connectivity index (χ0n) is 6.11. The summed E-state index contributed by atoms with van der Waals surface area (Å²) in [6.07, 6.45) is -2.93. The average molecular weight is 196 g/mol. The van der Waals surface area contributed by atoms with Crippen LogP contribution in [-0.2, 0) is 0 Å². The molecule has 1 nitrogen and oxygen atoms in total. The van der Waals surface area contributed by atoms with E-state index in [9.17, 15) is 13.2 Å². The van der Waals surface area contributed by atoms with Crippen molar-refractivity contribution in [2.45, 2.75) is 13.3 Å². The molecular formula is C7H5ClF3N. The first kappa shape index (κ1) is 9.32. The summed E-state index contributed by atoms with van der Waals surface area (Å²) in [7, 11) is 0. The monoisotopic (exact) mass is 195 g/mol. The van der Waals surface area contributed by atoms with Gasteiger partial charge in [0.2, 0.25) is 0 Å². The van der Waals surface area contributed by atoms with Gasteiger partial charge in [-0.15, -0.1) is 0 Å². The van der Waals surface area contributed by atoms with Gasteiger partial charge in [-0.2, -0.15) is 0 Å². The van der Waals surface area contributed by atoms with E-state index >= 15 is 0 Å². The van der Waals surface area contributed by atoms with Gasteiger partial charge in [-0.05, 0) is 18.6 Å². The van der Waals surface area contributed by atoms with Crippen molar-refractivity contribution in [3.8, 4) is 0 Å². The molecule has 0 atom stereocenters. The highest BCUT2D eigenvalue weighted by molar-refractivity contribution is 6.29. The quantitative estimate of drug-likeness (QED) is 0.628. The molecule has 0 fully saturated rings. The maximum atomic E-state index is 12.8. The van der Waals surface area contributed by atoms with Crippen molar-refractivity contribution in [3.05, 3.63) is 28.3 Å². The SMILES string of the molecule is Cc1cc(Cl)nc(C(F)F)c1F. The third-order valence-electron chi connectivity index (χ3n) is 1.34. The topological polar surface area (TPSA) is 12.9 Å². The molecule has 0 N–H and O–H groups in total. The molecule has 0 unspecified atom stereocenters. The van der Waals surface area contributed by atoms with Crippen molar-refractivity contribution < 1.29 is 13.2 Å². The number of pyridine rings is 1. The molecule has 1 aromatic heterocycles. The molecule has 1 heterocycles. The highest BCUT2D eigenvalue weighted by Gasteiger charge is 2.17. The third kappa shape index (κ3) is 1.69. The lowest BCUT2D eigenvalue weighted by molar-refractivity contribution is 0.140. The Hall–Kier alpha value is -0.770. The summed E-state index contributed by atoms with van der Waals surface area (Å²) < 4.78 is 36.9. The summed E-state index contributed by atoms with van der Waals surface area (Å²) in [5.41, 5.74) is -0.815. The molecule has 0 saturated heterocycles. The van der Waals surface area contributed by atoms with E-state index in [0.717, 1.165) is 0 Å². The molecule has 0 radical (unpaired) electrons. The predicted molar refractivity (Wildman–Crippen MR) is 38.9 cm³/mol. The fourth-order valence-corrected chi connectivity index (χ4v) is 1.04. The summed E-state index contributed by atoms with van der Waals surface area (Å²) in [6.45, 7) is 1.36. The standard InChI is InChI=1S/C7H5ClF3N/c1-3-2-4(8)12-6(5(3)9)7(10)11/h2,7H,1H3. The number of rotatable bonds is 1. The second-order valence-corrected chi connectivity index (χ2v) is 2.65. The van der Waals surface area contributed by atoms with Gasteiger partial charge < -0.3 is 0 Å². The zero-order valence-corrected chi connectivity index (χ0v) is 6.87. The zero-order chi connectivity index (χ0) is 9.30. The molecule has 0 aliphatic rings. The number of aryl methyl sites for hydroxylation is 1.